The Bertz CT molecular complexity index is 1190. The molecule has 0 aliphatic heterocycles. The summed E-state index contributed by atoms with van der Waals surface area (Å²) in [6.07, 6.45) is 0. The minimum atomic E-state index is -4.01. The Labute approximate surface area is 175 Å². The van der Waals surface area contributed by atoms with Gasteiger partial charge in [-0.2, -0.15) is 4.31 Å². The molecule has 1 aromatic heterocycles. The van der Waals surface area contributed by atoms with E-state index in [1.807, 2.05) is 0 Å². The second kappa shape index (κ2) is 8.97. The summed E-state index contributed by atoms with van der Waals surface area (Å²) < 4.78 is 48.8. The molecule has 0 atom stereocenters. The van der Waals surface area contributed by atoms with Crippen LogP contribution < -0.4 is 0 Å². The summed E-state index contributed by atoms with van der Waals surface area (Å²) in [5.41, 5.74) is 0.331. The van der Waals surface area contributed by atoms with Crippen molar-refractivity contribution in [2.24, 2.45) is 0 Å². The number of esters is 1. The van der Waals surface area contributed by atoms with Crippen molar-refractivity contribution in [3.05, 3.63) is 70.4 Å². The lowest BCUT2D eigenvalue weighted by atomic mass is 10.2. The van der Waals surface area contributed by atoms with Gasteiger partial charge in [-0.1, -0.05) is 0 Å². The number of sulfonamides is 1. The Morgan fingerprint density at radius 3 is 2.42 bits per heavy atom. The molecule has 0 bridgehead atoms. The Balaban J connectivity index is 1.57. The van der Waals surface area contributed by atoms with Crippen LogP contribution in [-0.4, -0.2) is 47.4 Å². The highest BCUT2D eigenvalue weighted by Crippen LogP contribution is 2.21. The first kappa shape index (κ1) is 22.0. The summed E-state index contributed by atoms with van der Waals surface area (Å²) in [4.78, 5) is 22.0. The van der Waals surface area contributed by atoms with E-state index in [0.29, 0.717) is 5.56 Å². The number of ether oxygens (including phenoxy) is 1. The van der Waals surface area contributed by atoms with E-state index in [9.17, 15) is 27.7 Å². The van der Waals surface area contributed by atoms with Crippen LogP contribution in [0.4, 0.5) is 10.1 Å². The van der Waals surface area contributed by atoms with Crippen LogP contribution in [0.3, 0.4) is 0 Å². The number of carbonyl (C=O) groups excluding carboxylic acids is 1. The zero-order chi connectivity index (χ0) is 22.6. The van der Waals surface area contributed by atoms with E-state index in [1.165, 1.54) is 31.3 Å². The molecule has 0 aliphatic carbocycles. The molecule has 0 saturated heterocycles. The Kier molecular flexibility index (Phi) is 6.36. The molecular weight excluding hydrogens is 435 g/mol. The molecule has 3 rings (SSSR count). The molecule has 0 amide bonds. The zero-order valence-corrected chi connectivity index (χ0v) is 16.8. The molecule has 2 aromatic carbocycles. The maximum atomic E-state index is 13.0. The van der Waals surface area contributed by atoms with Gasteiger partial charge in [0, 0.05) is 24.7 Å². The number of aromatic nitrogens is 2. The number of non-ortho nitro benzene ring substituents is 1. The predicted molar refractivity (Wildman–Crippen MR) is 102 cm³/mol. The molecule has 0 unspecified atom stereocenters. The van der Waals surface area contributed by atoms with Crippen LogP contribution in [0.2, 0.25) is 0 Å². The third kappa shape index (κ3) is 5.26. The lowest BCUT2D eigenvalue weighted by Gasteiger charge is -2.16. The first-order valence-corrected chi connectivity index (χ1v) is 10.1. The monoisotopic (exact) mass is 450 g/mol. The SMILES string of the molecule is CN(CC(=O)OCc1nnc(-c2ccc([N+](=O)[O-])cc2)o1)S(=O)(=O)c1ccc(F)cc1. The van der Waals surface area contributed by atoms with Crippen molar-refractivity contribution >= 4 is 21.7 Å². The summed E-state index contributed by atoms with van der Waals surface area (Å²) in [6.45, 7) is -0.994. The largest absolute Gasteiger partial charge is 0.455 e. The van der Waals surface area contributed by atoms with Crippen molar-refractivity contribution in [3.63, 3.8) is 0 Å². The highest BCUT2D eigenvalue weighted by atomic mass is 32.2. The predicted octanol–water partition coefficient (Wildman–Crippen LogP) is 2.15. The molecule has 0 N–H and O–H groups in total. The number of nitrogens with zero attached hydrogens (tertiary/aromatic N) is 4. The maximum absolute atomic E-state index is 13.0. The summed E-state index contributed by atoms with van der Waals surface area (Å²) in [7, 11) is -2.83. The van der Waals surface area contributed by atoms with Gasteiger partial charge >= 0.3 is 5.97 Å². The van der Waals surface area contributed by atoms with Gasteiger partial charge in [0.05, 0.1) is 9.82 Å². The molecular formula is C18H15FN4O7S. The first-order valence-electron chi connectivity index (χ1n) is 8.61. The fourth-order valence-corrected chi connectivity index (χ4v) is 3.51. The van der Waals surface area contributed by atoms with Gasteiger partial charge in [0.1, 0.15) is 12.4 Å². The van der Waals surface area contributed by atoms with Gasteiger partial charge in [0.15, 0.2) is 6.61 Å². The van der Waals surface area contributed by atoms with Crippen molar-refractivity contribution in [3.8, 4) is 11.5 Å². The molecule has 11 nitrogen and oxygen atoms in total. The Hall–Kier alpha value is -3.71. The number of hydrogen-bond donors (Lipinski definition) is 0. The molecule has 0 saturated carbocycles. The molecule has 0 aliphatic rings. The van der Waals surface area contributed by atoms with Crippen molar-refractivity contribution in [1.29, 1.82) is 0 Å². The van der Waals surface area contributed by atoms with E-state index < -0.39 is 39.9 Å². The average Bonchev–Trinajstić information content (AvgIpc) is 3.21. The van der Waals surface area contributed by atoms with Crippen LogP contribution in [0.15, 0.2) is 57.8 Å². The van der Waals surface area contributed by atoms with E-state index in [-0.39, 0.29) is 22.4 Å². The van der Waals surface area contributed by atoms with E-state index in [2.05, 4.69) is 10.2 Å². The first-order chi connectivity index (χ1) is 14.7. The number of likely N-dealkylation sites (N-methyl/N-ethyl adjacent to an activating group) is 1. The molecule has 13 heteroatoms. The van der Waals surface area contributed by atoms with Gasteiger partial charge in [-0.15, -0.1) is 10.2 Å². The lowest BCUT2D eigenvalue weighted by Crippen LogP contribution is -2.33. The minimum Gasteiger partial charge on any atom is -0.455 e. The van der Waals surface area contributed by atoms with Crippen LogP contribution in [0, 0.1) is 15.9 Å². The zero-order valence-electron chi connectivity index (χ0n) is 16.0. The number of benzene rings is 2. The number of rotatable bonds is 8. The minimum absolute atomic E-state index is 0.0502. The fourth-order valence-electron chi connectivity index (χ4n) is 2.40. The van der Waals surface area contributed by atoms with Gasteiger partial charge in [0.2, 0.25) is 15.9 Å². The van der Waals surface area contributed by atoms with Gasteiger partial charge in [-0.05, 0) is 36.4 Å². The van der Waals surface area contributed by atoms with Crippen LogP contribution in [0.1, 0.15) is 5.89 Å². The molecule has 31 heavy (non-hydrogen) atoms. The van der Waals surface area contributed by atoms with Crippen molar-refractivity contribution in [2.45, 2.75) is 11.5 Å². The molecule has 162 valence electrons. The molecule has 0 radical (unpaired) electrons. The smallest absolute Gasteiger partial charge is 0.321 e. The van der Waals surface area contributed by atoms with Crippen LogP contribution in [0.5, 0.6) is 0 Å². The summed E-state index contributed by atoms with van der Waals surface area (Å²) in [6, 6.07) is 9.57. The van der Waals surface area contributed by atoms with E-state index >= 15 is 0 Å². The Morgan fingerprint density at radius 1 is 1.16 bits per heavy atom. The van der Waals surface area contributed by atoms with E-state index in [1.54, 1.807) is 0 Å². The normalized spacial score (nSPS) is 11.5. The van der Waals surface area contributed by atoms with Crippen molar-refractivity contribution in [1.82, 2.24) is 14.5 Å². The number of nitro benzene ring substituents is 1. The molecule has 0 spiro atoms. The topological polar surface area (TPSA) is 146 Å². The van der Waals surface area contributed by atoms with Crippen LogP contribution >= 0.6 is 0 Å². The quantitative estimate of drug-likeness (QED) is 0.286. The van der Waals surface area contributed by atoms with Gasteiger partial charge in [0.25, 0.3) is 11.6 Å². The number of nitro groups is 1. The number of hydrogen-bond acceptors (Lipinski definition) is 9. The molecule has 3 aromatic rings. The van der Waals surface area contributed by atoms with Gasteiger partial charge in [-0.3, -0.25) is 14.9 Å². The average molecular weight is 450 g/mol. The maximum Gasteiger partial charge on any atom is 0.321 e. The lowest BCUT2D eigenvalue weighted by molar-refractivity contribution is -0.384. The van der Waals surface area contributed by atoms with Gasteiger partial charge in [-0.25, -0.2) is 12.8 Å². The van der Waals surface area contributed by atoms with Crippen molar-refractivity contribution in [2.75, 3.05) is 13.6 Å². The summed E-state index contributed by atoms with van der Waals surface area (Å²) in [5.74, 6) is -1.44. The van der Waals surface area contributed by atoms with Crippen LogP contribution in [0.25, 0.3) is 11.5 Å². The third-order valence-corrected chi connectivity index (χ3v) is 5.84. The van der Waals surface area contributed by atoms with E-state index in [0.717, 1.165) is 28.6 Å². The summed E-state index contributed by atoms with van der Waals surface area (Å²) in [5, 5.41) is 18.2. The molecule has 0 fully saturated rings. The van der Waals surface area contributed by atoms with E-state index in [4.69, 9.17) is 9.15 Å². The highest BCUT2D eigenvalue weighted by molar-refractivity contribution is 7.89. The highest BCUT2D eigenvalue weighted by Gasteiger charge is 2.24. The van der Waals surface area contributed by atoms with Crippen LogP contribution in [-0.2, 0) is 26.2 Å². The standard InChI is InChI=1S/C18H15FN4O7S/c1-22(31(27,28)15-8-4-13(19)5-9-15)10-17(24)29-11-16-20-21-18(30-16)12-2-6-14(7-3-12)23(25)26/h2-9H,10-11H2,1H3. The molecule has 1 heterocycles. The Morgan fingerprint density at radius 2 is 1.81 bits per heavy atom. The van der Waals surface area contributed by atoms with Gasteiger partial charge < -0.3 is 9.15 Å². The second-order valence-corrected chi connectivity index (χ2v) is 8.23. The number of carbonyl (C=O) groups is 1. The second-order valence-electron chi connectivity index (χ2n) is 6.18. The number of halogens is 1. The summed E-state index contributed by atoms with van der Waals surface area (Å²) >= 11 is 0. The third-order valence-electron chi connectivity index (χ3n) is 4.02. The fraction of sp³-hybridized carbons (Fsp3) is 0.167. The van der Waals surface area contributed by atoms with Crippen molar-refractivity contribution < 1.29 is 31.7 Å².